The number of aromatic nitrogens is 2. The highest BCUT2D eigenvalue weighted by atomic mass is 79.9. The fourth-order valence-corrected chi connectivity index (χ4v) is 3.80. The Morgan fingerprint density at radius 2 is 2.11 bits per heavy atom. The minimum Gasteiger partial charge on any atom is -0.353 e. The molecular weight excluding hydrogens is 302 g/mol. The van der Waals surface area contributed by atoms with Crippen LogP contribution in [-0.2, 0) is 12.8 Å². The van der Waals surface area contributed by atoms with Crippen LogP contribution in [0.2, 0.25) is 0 Å². The maximum atomic E-state index is 4.64. The SMILES string of the molecule is BrCCCC1CCCN1c1ncnc2c1CCCC2. The number of alkyl halides is 1. The molecule has 1 saturated heterocycles. The summed E-state index contributed by atoms with van der Waals surface area (Å²) in [6.45, 7) is 1.18. The topological polar surface area (TPSA) is 29.0 Å². The third kappa shape index (κ3) is 2.78. The summed E-state index contributed by atoms with van der Waals surface area (Å²) in [7, 11) is 0. The number of hydrogen-bond donors (Lipinski definition) is 0. The third-order valence-corrected chi connectivity index (χ3v) is 4.98. The minimum atomic E-state index is 0.693. The van der Waals surface area contributed by atoms with E-state index in [-0.39, 0.29) is 0 Å². The average molecular weight is 324 g/mol. The Morgan fingerprint density at radius 1 is 1.21 bits per heavy atom. The summed E-state index contributed by atoms with van der Waals surface area (Å²) >= 11 is 3.55. The van der Waals surface area contributed by atoms with Crippen LogP contribution >= 0.6 is 15.9 Å². The first-order chi connectivity index (χ1) is 9.40. The van der Waals surface area contributed by atoms with Gasteiger partial charge in [-0.3, -0.25) is 0 Å². The second-order valence-corrected chi connectivity index (χ2v) is 6.44. The fraction of sp³-hybridized carbons (Fsp3) is 0.733. The summed E-state index contributed by atoms with van der Waals surface area (Å²) in [6, 6.07) is 0.693. The molecule has 0 bridgehead atoms. The molecule has 0 N–H and O–H groups in total. The highest BCUT2D eigenvalue weighted by Crippen LogP contribution is 2.33. The number of hydrogen-bond acceptors (Lipinski definition) is 3. The summed E-state index contributed by atoms with van der Waals surface area (Å²) in [5.74, 6) is 1.25. The first-order valence-electron chi connectivity index (χ1n) is 7.55. The molecule has 1 aliphatic carbocycles. The maximum absolute atomic E-state index is 4.64. The maximum Gasteiger partial charge on any atom is 0.135 e. The quantitative estimate of drug-likeness (QED) is 0.794. The van der Waals surface area contributed by atoms with Gasteiger partial charge in [-0.25, -0.2) is 9.97 Å². The highest BCUT2D eigenvalue weighted by Gasteiger charge is 2.28. The van der Waals surface area contributed by atoms with Crippen molar-refractivity contribution in [2.24, 2.45) is 0 Å². The molecule has 2 heterocycles. The lowest BCUT2D eigenvalue weighted by Crippen LogP contribution is -2.31. The van der Waals surface area contributed by atoms with E-state index in [1.54, 1.807) is 6.33 Å². The molecule has 1 atom stereocenters. The van der Waals surface area contributed by atoms with E-state index in [0.717, 1.165) is 11.8 Å². The molecule has 0 radical (unpaired) electrons. The van der Waals surface area contributed by atoms with Crippen molar-refractivity contribution >= 4 is 21.7 Å². The zero-order valence-corrected chi connectivity index (χ0v) is 13.0. The molecule has 1 fully saturated rings. The van der Waals surface area contributed by atoms with Gasteiger partial charge < -0.3 is 4.90 Å². The van der Waals surface area contributed by atoms with Gasteiger partial charge in [-0.1, -0.05) is 15.9 Å². The summed E-state index contributed by atoms with van der Waals surface area (Å²) in [4.78, 5) is 11.7. The molecule has 0 spiro atoms. The van der Waals surface area contributed by atoms with E-state index in [1.807, 2.05) is 0 Å². The first-order valence-corrected chi connectivity index (χ1v) is 8.67. The molecule has 1 aromatic rings. The standard InChI is InChI=1S/C15H22BrN3/c16-9-3-5-12-6-4-10-19(12)15-13-7-1-2-8-14(13)17-11-18-15/h11-12H,1-10H2. The van der Waals surface area contributed by atoms with Gasteiger partial charge in [0.25, 0.3) is 0 Å². The summed E-state index contributed by atoms with van der Waals surface area (Å²) in [6.07, 6.45) is 11.9. The molecular formula is C15H22BrN3. The Kier molecular flexibility index (Phi) is 4.36. The van der Waals surface area contributed by atoms with E-state index in [2.05, 4.69) is 30.8 Å². The molecule has 4 heteroatoms. The fourth-order valence-electron chi connectivity index (χ4n) is 3.48. The van der Waals surface area contributed by atoms with Crippen LogP contribution in [0.25, 0.3) is 0 Å². The molecule has 1 aliphatic heterocycles. The lowest BCUT2D eigenvalue weighted by atomic mass is 9.96. The molecule has 104 valence electrons. The summed E-state index contributed by atoms with van der Waals surface area (Å²) < 4.78 is 0. The highest BCUT2D eigenvalue weighted by molar-refractivity contribution is 9.09. The zero-order chi connectivity index (χ0) is 13.1. The van der Waals surface area contributed by atoms with Gasteiger partial charge in [0.1, 0.15) is 12.1 Å². The van der Waals surface area contributed by atoms with E-state index >= 15 is 0 Å². The number of nitrogens with zero attached hydrogens (tertiary/aromatic N) is 3. The van der Waals surface area contributed by atoms with Crippen LogP contribution < -0.4 is 4.90 Å². The van der Waals surface area contributed by atoms with Gasteiger partial charge in [0, 0.05) is 29.2 Å². The van der Waals surface area contributed by atoms with E-state index in [4.69, 9.17) is 0 Å². The zero-order valence-electron chi connectivity index (χ0n) is 11.4. The molecule has 3 nitrogen and oxygen atoms in total. The summed E-state index contributed by atoms with van der Waals surface area (Å²) in [5.41, 5.74) is 2.75. The van der Waals surface area contributed by atoms with Crippen molar-refractivity contribution in [3.05, 3.63) is 17.6 Å². The minimum absolute atomic E-state index is 0.693. The smallest absolute Gasteiger partial charge is 0.135 e. The Morgan fingerprint density at radius 3 is 3.00 bits per heavy atom. The molecule has 19 heavy (non-hydrogen) atoms. The lowest BCUT2D eigenvalue weighted by Gasteiger charge is -2.29. The van der Waals surface area contributed by atoms with E-state index in [9.17, 15) is 0 Å². The van der Waals surface area contributed by atoms with Crippen LogP contribution in [0.3, 0.4) is 0 Å². The third-order valence-electron chi connectivity index (χ3n) is 4.42. The predicted octanol–water partition coefficient (Wildman–Crippen LogP) is 3.50. The summed E-state index contributed by atoms with van der Waals surface area (Å²) in [5, 5.41) is 1.11. The van der Waals surface area contributed by atoms with E-state index in [1.165, 1.54) is 68.6 Å². The van der Waals surface area contributed by atoms with Crippen molar-refractivity contribution in [3.8, 4) is 0 Å². The van der Waals surface area contributed by atoms with Crippen molar-refractivity contribution in [3.63, 3.8) is 0 Å². The number of halogens is 1. The van der Waals surface area contributed by atoms with Crippen LogP contribution in [0.15, 0.2) is 6.33 Å². The van der Waals surface area contributed by atoms with Crippen LogP contribution in [0.4, 0.5) is 5.82 Å². The molecule has 2 aliphatic rings. The van der Waals surface area contributed by atoms with Gasteiger partial charge in [0.15, 0.2) is 0 Å². The number of aryl methyl sites for hydroxylation is 1. The number of rotatable bonds is 4. The van der Waals surface area contributed by atoms with Crippen LogP contribution in [0.5, 0.6) is 0 Å². The Balaban J connectivity index is 1.84. The molecule has 0 amide bonds. The monoisotopic (exact) mass is 323 g/mol. The van der Waals surface area contributed by atoms with Crippen molar-refractivity contribution in [2.75, 3.05) is 16.8 Å². The van der Waals surface area contributed by atoms with Crippen molar-refractivity contribution in [2.45, 2.75) is 57.4 Å². The van der Waals surface area contributed by atoms with Gasteiger partial charge in [0.2, 0.25) is 0 Å². The van der Waals surface area contributed by atoms with Crippen molar-refractivity contribution < 1.29 is 0 Å². The Hall–Kier alpha value is -0.640. The molecule has 0 aromatic carbocycles. The average Bonchev–Trinajstić information content (AvgIpc) is 2.92. The molecule has 1 unspecified atom stereocenters. The predicted molar refractivity (Wildman–Crippen MR) is 82.1 cm³/mol. The Labute approximate surface area is 124 Å². The second kappa shape index (κ2) is 6.21. The van der Waals surface area contributed by atoms with Crippen molar-refractivity contribution in [1.82, 2.24) is 9.97 Å². The van der Waals surface area contributed by atoms with Gasteiger partial charge in [-0.15, -0.1) is 0 Å². The second-order valence-electron chi connectivity index (χ2n) is 5.65. The van der Waals surface area contributed by atoms with Gasteiger partial charge in [0.05, 0.1) is 0 Å². The van der Waals surface area contributed by atoms with Gasteiger partial charge in [-0.05, 0) is 51.4 Å². The Bertz CT molecular complexity index is 435. The number of fused-ring (bicyclic) bond motifs is 1. The van der Waals surface area contributed by atoms with Gasteiger partial charge in [-0.2, -0.15) is 0 Å². The molecule has 0 saturated carbocycles. The molecule has 1 aromatic heterocycles. The lowest BCUT2D eigenvalue weighted by molar-refractivity contribution is 0.591. The van der Waals surface area contributed by atoms with Crippen LogP contribution in [-0.4, -0.2) is 27.9 Å². The first kappa shape index (κ1) is 13.3. The largest absolute Gasteiger partial charge is 0.353 e. The van der Waals surface area contributed by atoms with E-state index in [0.29, 0.717) is 6.04 Å². The van der Waals surface area contributed by atoms with E-state index < -0.39 is 0 Å². The van der Waals surface area contributed by atoms with Gasteiger partial charge >= 0.3 is 0 Å². The molecule has 3 rings (SSSR count). The van der Waals surface area contributed by atoms with Crippen LogP contribution in [0, 0.1) is 0 Å². The van der Waals surface area contributed by atoms with Crippen molar-refractivity contribution in [1.29, 1.82) is 0 Å². The van der Waals surface area contributed by atoms with Crippen LogP contribution in [0.1, 0.15) is 49.8 Å². The number of anilines is 1. The normalized spacial score (nSPS) is 22.6.